The number of methoxy groups -OCH3 is 2. The maximum absolute atomic E-state index is 12.4. The minimum atomic E-state index is -0.507. The molecule has 2 aromatic rings. The summed E-state index contributed by atoms with van der Waals surface area (Å²) in [5.41, 5.74) is 1.16. The average molecular weight is 431 g/mol. The van der Waals surface area contributed by atoms with Crippen LogP contribution in [0.15, 0.2) is 46.4 Å². The Balaban J connectivity index is 2.28. The van der Waals surface area contributed by atoms with Gasteiger partial charge in [0.15, 0.2) is 11.5 Å². The molecule has 1 N–H and O–H groups in total. The minimum Gasteiger partial charge on any atom is -0.497 e. The predicted octanol–water partition coefficient (Wildman–Crippen LogP) is 4.41. The van der Waals surface area contributed by atoms with Crippen LogP contribution in [0.5, 0.6) is 17.2 Å². The van der Waals surface area contributed by atoms with Crippen LogP contribution in [-0.2, 0) is 4.79 Å². The van der Waals surface area contributed by atoms with Gasteiger partial charge in [-0.3, -0.25) is 4.79 Å². The summed E-state index contributed by atoms with van der Waals surface area (Å²) in [6.07, 6.45) is 1.49. The Morgan fingerprint density at radius 2 is 1.93 bits per heavy atom. The Morgan fingerprint density at radius 3 is 2.48 bits per heavy atom. The van der Waals surface area contributed by atoms with Gasteiger partial charge in [0.2, 0.25) is 0 Å². The largest absolute Gasteiger partial charge is 0.497 e. The van der Waals surface area contributed by atoms with E-state index in [1.165, 1.54) is 6.08 Å². The third-order valence-corrected chi connectivity index (χ3v) is 4.15. The van der Waals surface area contributed by atoms with E-state index >= 15 is 0 Å². The molecule has 0 aliphatic carbocycles. The standard InChI is InChI=1S/C20H19BrN2O4/c1-4-27-18-11-13(10-17(21)19(18)26-3)9-14(12-22)20(24)23-15-5-7-16(25-2)8-6-15/h5-11H,4H2,1-3H3,(H,23,24). The van der Waals surface area contributed by atoms with Crippen molar-refractivity contribution in [2.45, 2.75) is 6.92 Å². The number of nitriles is 1. The van der Waals surface area contributed by atoms with Gasteiger partial charge < -0.3 is 19.5 Å². The number of nitrogens with one attached hydrogen (secondary N) is 1. The quantitative estimate of drug-likeness (QED) is 0.519. The highest BCUT2D eigenvalue weighted by atomic mass is 79.9. The first-order valence-corrected chi connectivity index (χ1v) is 8.89. The molecule has 2 rings (SSSR count). The van der Waals surface area contributed by atoms with E-state index in [2.05, 4.69) is 21.2 Å². The highest BCUT2D eigenvalue weighted by Gasteiger charge is 2.13. The number of halogens is 1. The van der Waals surface area contributed by atoms with Crippen molar-refractivity contribution in [3.8, 4) is 23.3 Å². The number of ether oxygens (including phenoxy) is 3. The van der Waals surface area contributed by atoms with Crippen molar-refractivity contribution in [1.29, 1.82) is 5.26 Å². The fraction of sp³-hybridized carbons (Fsp3) is 0.200. The van der Waals surface area contributed by atoms with Gasteiger partial charge in [-0.15, -0.1) is 0 Å². The molecule has 6 nitrogen and oxygen atoms in total. The first-order valence-electron chi connectivity index (χ1n) is 8.09. The Bertz CT molecular complexity index is 886. The molecular weight excluding hydrogens is 412 g/mol. The molecule has 1 amide bonds. The van der Waals surface area contributed by atoms with Gasteiger partial charge in [-0.25, -0.2) is 0 Å². The van der Waals surface area contributed by atoms with Crippen LogP contribution in [0.2, 0.25) is 0 Å². The minimum absolute atomic E-state index is 0.0367. The van der Waals surface area contributed by atoms with E-state index in [9.17, 15) is 10.1 Å². The van der Waals surface area contributed by atoms with Gasteiger partial charge in [0.25, 0.3) is 5.91 Å². The van der Waals surface area contributed by atoms with Crippen LogP contribution in [0.25, 0.3) is 6.08 Å². The van der Waals surface area contributed by atoms with Crippen molar-refractivity contribution >= 4 is 33.6 Å². The SMILES string of the molecule is CCOc1cc(C=C(C#N)C(=O)Nc2ccc(OC)cc2)cc(Br)c1OC. The van der Waals surface area contributed by atoms with Gasteiger partial charge in [0, 0.05) is 5.69 Å². The van der Waals surface area contributed by atoms with Gasteiger partial charge in [-0.05, 0) is 70.9 Å². The summed E-state index contributed by atoms with van der Waals surface area (Å²) in [6, 6.07) is 12.2. The second-order valence-electron chi connectivity index (χ2n) is 5.32. The van der Waals surface area contributed by atoms with Gasteiger partial charge in [0.1, 0.15) is 17.4 Å². The molecule has 0 atom stereocenters. The number of rotatable bonds is 7. The Morgan fingerprint density at radius 1 is 1.22 bits per heavy atom. The van der Waals surface area contributed by atoms with Crippen molar-refractivity contribution in [3.05, 3.63) is 52.0 Å². The zero-order valence-electron chi connectivity index (χ0n) is 15.2. The van der Waals surface area contributed by atoms with Crippen LogP contribution >= 0.6 is 15.9 Å². The molecule has 0 saturated carbocycles. The molecular formula is C20H19BrN2O4. The number of amides is 1. The van der Waals surface area contributed by atoms with E-state index in [1.54, 1.807) is 50.6 Å². The molecule has 0 unspecified atom stereocenters. The molecule has 0 heterocycles. The van der Waals surface area contributed by atoms with E-state index in [0.717, 1.165) is 0 Å². The number of carbonyl (C=O) groups excluding carboxylic acids is 1. The summed E-state index contributed by atoms with van der Waals surface area (Å²) in [6.45, 7) is 2.32. The first-order chi connectivity index (χ1) is 13.0. The zero-order chi connectivity index (χ0) is 19.8. The maximum atomic E-state index is 12.4. The highest BCUT2D eigenvalue weighted by molar-refractivity contribution is 9.10. The number of benzene rings is 2. The molecule has 0 spiro atoms. The lowest BCUT2D eigenvalue weighted by Gasteiger charge is -2.12. The Kier molecular flexibility index (Phi) is 7.26. The molecule has 0 aromatic heterocycles. The Hall–Kier alpha value is -2.98. The van der Waals surface area contributed by atoms with Crippen molar-refractivity contribution in [2.75, 3.05) is 26.1 Å². The topological polar surface area (TPSA) is 80.6 Å². The summed E-state index contributed by atoms with van der Waals surface area (Å²) < 4.78 is 16.6. The van der Waals surface area contributed by atoms with Gasteiger partial charge in [0.05, 0.1) is 25.3 Å². The van der Waals surface area contributed by atoms with Crippen LogP contribution in [-0.4, -0.2) is 26.7 Å². The number of nitrogens with zero attached hydrogens (tertiary/aromatic N) is 1. The molecule has 0 radical (unpaired) electrons. The van der Waals surface area contributed by atoms with E-state index < -0.39 is 5.91 Å². The highest BCUT2D eigenvalue weighted by Crippen LogP contribution is 2.37. The monoisotopic (exact) mass is 430 g/mol. The van der Waals surface area contributed by atoms with E-state index in [0.29, 0.717) is 39.6 Å². The molecule has 7 heteroatoms. The second kappa shape index (κ2) is 9.64. The lowest BCUT2D eigenvalue weighted by molar-refractivity contribution is -0.112. The van der Waals surface area contributed by atoms with Gasteiger partial charge in [-0.2, -0.15) is 5.26 Å². The Labute approximate surface area is 166 Å². The molecule has 2 aromatic carbocycles. The van der Waals surface area contributed by atoms with Crippen molar-refractivity contribution in [1.82, 2.24) is 0 Å². The van der Waals surface area contributed by atoms with Crippen molar-refractivity contribution < 1.29 is 19.0 Å². The fourth-order valence-electron chi connectivity index (χ4n) is 2.32. The number of carbonyl (C=O) groups is 1. The van der Waals surface area contributed by atoms with Crippen LogP contribution in [0.3, 0.4) is 0 Å². The molecule has 0 bridgehead atoms. The summed E-state index contributed by atoms with van der Waals surface area (Å²) in [5, 5.41) is 12.1. The van der Waals surface area contributed by atoms with Crippen molar-refractivity contribution in [3.63, 3.8) is 0 Å². The smallest absolute Gasteiger partial charge is 0.266 e. The third kappa shape index (κ3) is 5.25. The lowest BCUT2D eigenvalue weighted by atomic mass is 10.1. The molecule has 0 aliphatic rings. The van der Waals surface area contributed by atoms with E-state index in [1.807, 2.05) is 13.0 Å². The second-order valence-corrected chi connectivity index (χ2v) is 6.17. The fourth-order valence-corrected chi connectivity index (χ4v) is 2.94. The molecule has 0 aliphatic heterocycles. The van der Waals surface area contributed by atoms with Gasteiger partial charge in [-0.1, -0.05) is 0 Å². The average Bonchev–Trinajstić information content (AvgIpc) is 2.66. The van der Waals surface area contributed by atoms with Crippen LogP contribution in [0.4, 0.5) is 5.69 Å². The molecule has 140 valence electrons. The maximum Gasteiger partial charge on any atom is 0.266 e. The lowest BCUT2D eigenvalue weighted by Crippen LogP contribution is -2.13. The van der Waals surface area contributed by atoms with E-state index in [4.69, 9.17) is 14.2 Å². The summed E-state index contributed by atoms with van der Waals surface area (Å²) >= 11 is 3.41. The normalized spacial score (nSPS) is 10.7. The third-order valence-electron chi connectivity index (χ3n) is 3.56. The molecule has 0 saturated heterocycles. The van der Waals surface area contributed by atoms with Gasteiger partial charge >= 0.3 is 0 Å². The van der Waals surface area contributed by atoms with Crippen LogP contribution in [0, 0.1) is 11.3 Å². The summed E-state index contributed by atoms with van der Waals surface area (Å²) in [5.74, 6) is 1.24. The molecule has 0 fully saturated rings. The van der Waals surface area contributed by atoms with Crippen molar-refractivity contribution in [2.24, 2.45) is 0 Å². The molecule has 27 heavy (non-hydrogen) atoms. The van der Waals surface area contributed by atoms with Crippen LogP contribution < -0.4 is 19.5 Å². The summed E-state index contributed by atoms with van der Waals surface area (Å²) in [4.78, 5) is 12.4. The number of anilines is 1. The van der Waals surface area contributed by atoms with E-state index in [-0.39, 0.29) is 5.57 Å². The first kappa shape index (κ1) is 20.3. The van der Waals surface area contributed by atoms with Crippen LogP contribution in [0.1, 0.15) is 12.5 Å². The summed E-state index contributed by atoms with van der Waals surface area (Å²) in [7, 11) is 3.11. The predicted molar refractivity (Wildman–Crippen MR) is 107 cm³/mol. The number of hydrogen-bond donors (Lipinski definition) is 1. The zero-order valence-corrected chi connectivity index (χ0v) is 16.8. The number of hydrogen-bond acceptors (Lipinski definition) is 5.